The van der Waals surface area contributed by atoms with Gasteiger partial charge >= 0.3 is 5.97 Å². The van der Waals surface area contributed by atoms with Crippen LogP contribution in [0.2, 0.25) is 0 Å². The van der Waals surface area contributed by atoms with E-state index in [9.17, 15) is 34.1 Å². The molecule has 0 radical (unpaired) electrons. The molecule has 6 rings (SSSR count). The average Bonchev–Trinajstić information content (AvgIpc) is 3.78. The van der Waals surface area contributed by atoms with Crippen LogP contribution < -0.4 is 4.74 Å². The third-order valence-electron chi connectivity index (χ3n) is 7.65. The van der Waals surface area contributed by atoms with Crippen molar-refractivity contribution in [1.29, 1.82) is 0 Å². The molecule has 0 unspecified atom stereocenters. The molecule has 1 aliphatic heterocycles. The van der Waals surface area contributed by atoms with E-state index in [-0.39, 0.29) is 34.4 Å². The van der Waals surface area contributed by atoms with Gasteiger partial charge < -0.3 is 4.74 Å². The summed E-state index contributed by atoms with van der Waals surface area (Å²) in [5.41, 5.74) is -0.115. The second-order valence-corrected chi connectivity index (χ2v) is 10.9. The summed E-state index contributed by atoms with van der Waals surface area (Å²) in [4.78, 5) is 77.1. The van der Waals surface area contributed by atoms with Crippen molar-refractivity contribution in [2.45, 2.75) is 6.42 Å². The van der Waals surface area contributed by atoms with E-state index in [0.717, 1.165) is 22.2 Å². The third-order valence-corrected chi connectivity index (χ3v) is 8.50. The van der Waals surface area contributed by atoms with Crippen LogP contribution in [-0.4, -0.2) is 51.0 Å². The number of hydrogen-bond acceptors (Lipinski definition) is 9. The second kappa shape index (κ2) is 10.2. The number of ether oxygens (including phenoxy) is 1. The van der Waals surface area contributed by atoms with E-state index in [4.69, 9.17) is 4.74 Å². The molecule has 4 atom stereocenters. The van der Waals surface area contributed by atoms with E-state index in [1.807, 2.05) is 12.2 Å². The molecule has 12 heteroatoms. The predicted molar refractivity (Wildman–Crippen MR) is 144 cm³/mol. The Morgan fingerprint density at radius 3 is 2.10 bits per heavy atom. The first-order valence-electron chi connectivity index (χ1n) is 12.7. The van der Waals surface area contributed by atoms with Crippen LogP contribution in [0.4, 0.5) is 5.69 Å². The minimum atomic E-state index is -0.822. The molecule has 1 saturated heterocycles. The molecule has 3 amide bonds. The number of nitro benzene ring substituents is 1. The molecule has 1 aromatic heterocycles. The van der Waals surface area contributed by atoms with E-state index in [2.05, 4.69) is 0 Å². The molecule has 2 aliphatic carbocycles. The maximum absolute atomic E-state index is 13.6. The first-order chi connectivity index (χ1) is 19.7. The number of hydrogen-bond donors (Lipinski definition) is 0. The Morgan fingerprint density at radius 2 is 1.54 bits per heavy atom. The van der Waals surface area contributed by atoms with Crippen LogP contribution in [0, 0.1) is 33.8 Å². The molecule has 206 valence electrons. The molecule has 41 heavy (non-hydrogen) atoms. The van der Waals surface area contributed by atoms with Crippen LogP contribution in [0.1, 0.15) is 36.8 Å². The molecule has 2 heterocycles. The number of amides is 3. The van der Waals surface area contributed by atoms with Gasteiger partial charge in [-0.3, -0.25) is 29.3 Å². The highest BCUT2D eigenvalue weighted by atomic mass is 32.1. The van der Waals surface area contributed by atoms with E-state index in [0.29, 0.717) is 11.3 Å². The fraction of sp³-hybridized carbons (Fsp3) is 0.207. The first-order valence-corrected chi connectivity index (χ1v) is 13.6. The topological polar surface area (TPSA) is 144 Å². The fourth-order valence-electron chi connectivity index (χ4n) is 5.72. The smallest absolute Gasteiger partial charge is 0.353 e. The molecule has 2 fully saturated rings. The van der Waals surface area contributed by atoms with Crippen molar-refractivity contribution >= 4 is 46.5 Å². The molecule has 2 bridgehead atoms. The van der Waals surface area contributed by atoms with E-state index in [1.165, 1.54) is 47.7 Å². The number of hydrazine groups is 1. The molecule has 2 aromatic carbocycles. The molecular weight excluding hydrogens is 550 g/mol. The number of fused-ring (bicyclic) bond motifs is 5. The van der Waals surface area contributed by atoms with Gasteiger partial charge in [-0.05, 0) is 66.1 Å². The maximum atomic E-state index is 13.6. The molecule has 0 N–H and O–H groups in total. The number of esters is 1. The third kappa shape index (κ3) is 4.61. The number of Topliss-reactive ketones (excluding diaryl/α,β-unsaturated/α-hetero) is 1. The molecule has 1 saturated carbocycles. The van der Waals surface area contributed by atoms with Gasteiger partial charge in [0.1, 0.15) is 17.2 Å². The lowest BCUT2D eigenvalue weighted by molar-refractivity contribution is -0.384. The zero-order chi connectivity index (χ0) is 28.8. The number of imide groups is 1. The second-order valence-electron chi connectivity index (χ2n) is 9.97. The summed E-state index contributed by atoms with van der Waals surface area (Å²) >= 11 is 1.23. The Hall–Kier alpha value is -4.97. The van der Waals surface area contributed by atoms with Gasteiger partial charge in [0, 0.05) is 23.3 Å². The fourth-order valence-corrected chi connectivity index (χ4v) is 6.32. The maximum Gasteiger partial charge on any atom is 0.353 e. The first kappa shape index (κ1) is 26.3. The number of carbonyl (C=O) groups excluding carboxylic acids is 5. The van der Waals surface area contributed by atoms with Crippen molar-refractivity contribution in [3.05, 3.63) is 104 Å². The molecular formula is C29H21N3O8S. The molecule has 3 aromatic rings. The number of ketones is 1. The van der Waals surface area contributed by atoms with Gasteiger partial charge in [0.05, 0.1) is 16.8 Å². The van der Waals surface area contributed by atoms with E-state index < -0.39 is 52.8 Å². The standard InChI is InChI=1S/C29H21N3O8S/c33-22(16-7-11-21(12-8-16)40-29(37)23-2-1-13-41-23)15-30(26(34)17-5-9-20(10-6-17)32(38)39)31-27(35)24-18-3-4-19(14-18)25(24)28(31)36/h1-13,18-19,24-25H,14-15H2/t18-,19-,24-,25+/m0/s1. The van der Waals surface area contributed by atoms with Crippen LogP contribution in [0.15, 0.2) is 78.2 Å². The lowest BCUT2D eigenvalue weighted by Gasteiger charge is -2.30. The number of nitro groups is 1. The van der Waals surface area contributed by atoms with Crippen LogP contribution in [0.3, 0.4) is 0 Å². The van der Waals surface area contributed by atoms with E-state index >= 15 is 0 Å². The van der Waals surface area contributed by atoms with Crippen LogP contribution >= 0.6 is 11.3 Å². The Morgan fingerprint density at radius 1 is 0.927 bits per heavy atom. The highest BCUT2D eigenvalue weighted by Crippen LogP contribution is 2.52. The summed E-state index contributed by atoms with van der Waals surface area (Å²) in [6.07, 6.45) is 4.53. The Kier molecular flexibility index (Phi) is 6.54. The van der Waals surface area contributed by atoms with Gasteiger partial charge in [-0.2, -0.15) is 5.01 Å². The van der Waals surface area contributed by atoms with Crippen molar-refractivity contribution in [3.63, 3.8) is 0 Å². The molecule has 0 spiro atoms. The zero-order valence-electron chi connectivity index (χ0n) is 21.2. The zero-order valence-corrected chi connectivity index (χ0v) is 22.1. The lowest BCUT2D eigenvalue weighted by atomic mass is 9.85. The minimum absolute atomic E-state index is 0.0296. The number of allylic oxidation sites excluding steroid dienone is 2. The van der Waals surface area contributed by atoms with Gasteiger partial charge in [-0.25, -0.2) is 9.80 Å². The Labute approximate surface area is 236 Å². The number of carbonyl (C=O) groups is 5. The Bertz CT molecular complexity index is 1580. The van der Waals surface area contributed by atoms with Crippen LogP contribution in [0.5, 0.6) is 5.75 Å². The van der Waals surface area contributed by atoms with Crippen molar-refractivity contribution in [2.75, 3.05) is 6.54 Å². The normalized spacial score (nSPS) is 22.1. The number of benzene rings is 2. The highest BCUT2D eigenvalue weighted by Gasteiger charge is 2.61. The van der Waals surface area contributed by atoms with Crippen molar-refractivity contribution in [2.24, 2.45) is 23.7 Å². The highest BCUT2D eigenvalue weighted by molar-refractivity contribution is 7.12. The van der Waals surface area contributed by atoms with Crippen molar-refractivity contribution < 1.29 is 33.6 Å². The summed E-state index contributed by atoms with van der Waals surface area (Å²) in [6, 6.07) is 13.7. The number of nitrogens with zero attached hydrogens (tertiary/aromatic N) is 3. The Balaban J connectivity index is 1.26. The number of rotatable bonds is 8. The largest absolute Gasteiger partial charge is 0.422 e. The predicted octanol–water partition coefficient (Wildman–Crippen LogP) is 3.92. The number of non-ortho nitro benzene ring substituents is 1. The molecule has 11 nitrogen and oxygen atoms in total. The van der Waals surface area contributed by atoms with Crippen molar-refractivity contribution in [3.8, 4) is 5.75 Å². The van der Waals surface area contributed by atoms with Gasteiger partial charge in [0.15, 0.2) is 5.78 Å². The van der Waals surface area contributed by atoms with Crippen LogP contribution in [0.25, 0.3) is 0 Å². The van der Waals surface area contributed by atoms with Gasteiger partial charge in [-0.15, -0.1) is 11.3 Å². The number of thiophene rings is 1. The molecule has 3 aliphatic rings. The summed E-state index contributed by atoms with van der Waals surface area (Å²) in [6.45, 7) is -0.635. The summed E-state index contributed by atoms with van der Waals surface area (Å²) < 4.78 is 5.32. The summed E-state index contributed by atoms with van der Waals surface area (Å²) in [7, 11) is 0. The van der Waals surface area contributed by atoms with Crippen molar-refractivity contribution in [1.82, 2.24) is 10.0 Å². The van der Waals surface area contributed by atoms with Gasteiger partial charge in [0.25, 0.3) is 23.4 Å². The van der Waals surface area contributed by atoms with Crippen LogP contribution in [-0.2, 0) is 9.59 Å². The average molecular weight is 572 g/mol. The van der Waals surface area contributed by atoms with E-state index in [1.54, 1.807) is 17.5 Å². The van der Waals surface area contributed by atoms with Gasteiger partial charge in [-0.1, -0.05) is 18.2 Å². The quantitative estimate of drug-likeness (QED) is 0.0753. The summed E-state index contributed by atoms with van der Waals surface area (Å²) in [5, 5.41) is 14.4. The summed E-state index contributed by atoms with van der Waals surface area (Å²) in [5.74, 6) is -4.24. The SMILES string of the molecule is O=C(CN(C(=O)c1ccc([N+](=O)[O-])cc1)N1C(=O)[C@@H]2[C@H](C1=O)[C@H]1C=C[C@H]2C1)c1ccc(OC(=O)c2cccs2)cc1. The lowest BCUT2D eigenvalue weighted by Crippen LogP contribution is -2.52. The minimum Gasteiger partial charge on any atom is -0.422 e. The van der Waals surface area contributed by atoms with Gasteiger partial charge in [0.2, 0.25) is 0 Å². The monoisotopic (exact) mass is 571 g/mol.